The molecule has 2 bridgehead atoms. The number of fused-ring (bicyclic) bond motifs is 3. The largest absolute Gasteiger partial charge is 0.373 e. The third-order valence-electron chi connectivity index (χ3n) is 5.26. The molecular formula is C17H27IN4OS. The highest BCUT2D eigenvalue weighted by Crippen LogP contribution is 2.34. The van der Waals surface area contributed by atoms with E-state index in [1.165, 1.54) is 31.4 Å². The van der Waals surface area contributed by atoms with E-state index >= 15 is 0 Å². The van der Waals surface area contributed by atoms with Crippen molar-refractivity contribution < 1.29 is 4.74 Å². The molecule has 0 saturated carbocycles. The van der Waals surface area contributed by atoms with Crippen LogP contribution in [0.4, 0.5) is 0 Å². The zero-order valence-electron chi connectivity index (χ0n) is 14.2. The van der Waals surface area contributed by atoms with Crippen LogP contribution in [0.2, 0.25) is 0 Å². The minimum Gasteiger partial charge on any atom is -0.373 e. The number of nitrogens with one attached hydrogen (secondary N) is 2. The lowest BCUT2D eigenvalue weighted by molar-refractivity contribution is 0.0992. The summed E-state index contributed by atoms with van der Waals surface area (Å²) in [5.41, 5.74) is 1.52. The quantitative estimate of drug-likeness (QED) is 0.410. The van der Waals surface area contributed by atoms with Crippen molar-refractivity contribution in [1.82, 2.24) is 15.5 Å². The number of guanidine groups is 1. The number of nitrogens with zero attached hydrogens (tertiary/aromatic N) is 2. The van der Waals surface area contributed by atoms with E-state index in [0.717, 1.165) is 32.0 Å². The molecule has 5 nitrogen and oxygen atoms in total. The van der Waals surface area contributed by atoms with Gasteiger partial charge in [-0.25, -0.2) is 0 Å². The van der Waals surface area contributed by atoms with Crippen molar-refractivity contribution >= 4 is 41.3 Å². The van der Waals surface area contributed by atoms with Crippen LogP contribution in [0.1, 0.15) is 29.7 Å². The van der Waals surface area contributed by atoms with Gasteiger partial charge in [0.25, 0.3) is 0 Å². The molecule has 1 aromatic heterocycles. The molecule has 3 atom stereocenters. The van der Waals surface area contributed by atoms with E-state index in [1.807, 2.05) is 18.4 Å². The molecule has 3 unspecified atom stereocenters. The van der Waals surface area contributed by atoms with Gasteiger partial charge in [-0.15, -0.1) is 35.3 Å². The predicted molar refractivity (Wildman–Crippen MR) is 110 cm³/mol. The fourth-order valence-electron chi connectivity index (χ4n) is 3.99. The standard InChI is InChI=1S/C17H26N4OS.HI/c1-18-17(20-14-10-13-2-3-15(14)22-13)19-6-8-21-7-4-16-12(11-21)5-9-23-16;/h5,9,13-15H,2-4,6-8,10-11H2,1H3,(H2,18,19,20);1H. The van der Waals surface area contributed by atoms with Crippen molar-refractivity contribution in [1.29, 1.82) is 0 Å². The summed E-state index contributed by atoms with van der Waals surface area (Å²) >= 11 is 1.90. The topological polar surface area (TPSA) is 48.9 Å². The van der Waals surface area contributed by atoms with Gasteiger partial charge in [0.05, 0.1) is 18.2 Å². The van der Waals surface area contributed by atoms with Crippen molar-refractivity contribution in [3.63, 3.8) is 0 Å². The zero-order chi connectivity index (χ0) is 15.6. The first-order valence-corrected chi connectivity index (χ1v) is 9.60. The van der Waals surface area contributed by atoms with E-state index < -0.39 is 0 Å². The highest BCUT2D eigenvalue weighted by atomic mass is 127. The van der Waals surface area contributed by atoms with Crippen LogP contribution in [0.5, 0.6) is 0 Å². The molecule has 4 rings (SSSR count). The molecule has 0 radical (unpaired) electrons. The van der Waals surface area contributed by atoms with Gasteiger partial charge in [0.15, 0.2) is 5.96 Å². The molecule has 0 aromatic carbocycles. The number of ether oxygens (including phenoxy) is 1. The van der Waals surface area contributed by atoms with E-state index in [1.54, 1.807) is 4.88 Å². The molecular weight excluding hydrogens is 435 g/mol. The number of aliphatic imine (C=N–C) groups is 1. The van der Waals surface area contributed by atoms with Crippen molar-refractivity contribution in [2.45, 2.75) is 50.5 Å². The molecule has 0 aliphatic carbocycles. The maximum atomic E-state index is 5.90. The summed E-state index contributed by atoms with van der Waals surface area (Å²) < 4.78 is 5.90. The summed E-state index contributed by atoms with van der Waals surface area (Å²) in [4.78, 5) is 8.46. The highest BCUT2D eigenvalue weighted by Gasteiger charge is 2.41. The molecule has 24 heavy (non-hydrogen) atoms. The Balaban J connectivity index is 0.00000169. The summed E-state index contributed by atoms with van der Waals surface area (Å²) in [5, 5.41) is 9.23. The van der Waals surface area contributed by atoms with Crippen LogP contribution in [0.3, 0.4) is 0 Å². The Hall–Kier alpha value is -0.380. The smallest absolute Gasteiger partial charge is 0.191 e. The van der Waals surface area contributed by atoms with Crippen molar-refractivity contribution in [2.75, 3.05) is 26.7 Å². The average Bonchev–Trinajstić information content (AvgIpc) is 3.29. The predicted octanol–water partition coefficient (Wildman–Crippen LogP) is 2.21. The summed E-state index contributed by atoms with van der Waals surface area (Å²) in [7, 11) is 1.85. The zero-order valence-corrected chi connectivity index (χ0v) is 17.3. The number of hydrogen-bond donors (Lipinski definition) is 2. The first-order valence-electron chi connectivity index (χ1n) is 8.72. The Bertz CT molecular complexity index is 579. The second-order valence-corrected chi connectivity index (χ2v) is 7.76. The first kappa shape index (κ1) is 18.4. The summed E-state index contributed by atoms with van der Waals surface area (Å²) in [5.74, 6) is 0.916. The average molecular weight is 462 g/mol. The summed E-state index contributed by atoms with van der Waals surface area (Å²) in [6.45, 7) is 4.25. The van der Waals surface area contributed by atoms with Gasteiger partial charge in [0.1, 0.15) is 0 Å². The molecule has 3 aliphatic heterocycles. The minimum atomic E-state index is 0. The van der Waals surface area contributed by atoms with E-state index in [9.17, 15) is 0 Å². The van der Waals surface area contributed by atoms with Crippen LogP contribution in [-0.4, -0.2) is 55.8 Å². The Morgan fingerprint density at radius 3 is 3.12 bits per heavy atom. The summed E-state index contributed by atoms with van der Waals surface area (Å²) in [6.07, 6.45) is 5.60. The molecule has 0 amide bonds. The highest BCUT2D eigenvalue weighted by molar-refractivity contribution is 14.0. The molecule has 2 saturated heterocycles. The van der Waals surface area contributed by atoms with E-state index in [0.29, 0.717) is 18.2 Å². The Kier molecular flexibility index (Phi) is 6.39. The van der Waals surface area contributed by atoms with Crippen LogP contribution < -0.4 is 10.6 Å². The fraction of sp³-hybridized carbons (Fsp3) is 0.706. The lowest BCUT2D eigenvalue weighted by Gasteiger charge is -2.27. The number of halogens is 1. The molecule has 1 aromatic rings. The number of thiophene rings is 1. The van der Waals surface area contributed by atoms with Crippen LogP contribution in [0.15, 0.2) is 16.4 Å². The number of rotatable bonds is 4. The van der Waals surface area contributed by atoms with Crippen LogP contribution in [0, 0.1) is 0 Å². The van der Waals surface area contributed by atoms with Gasteiger partial charge < -0.3 is 15.4 Å². The van der Waals surface area contributed by atoms with Crippen LogP contribution >= 0.6 is 35.3 Å². The normalized spacial score (nSPS) is 29.2. The van der Waals surface area contributed by atoms with Gasteiger partial charge >= 0.3 is 0 Å². The number of hydrogen-bond acceptors (Lipinski definition) is 4. The van der Waals surface area contributed by atoms with Gasteiger partial charge in [0, 0.05) is 38.1 Å². The molecule has 2 N–H and O–H groups in total. The second kappa shape index (κ2) is 8.33. The molecule has 4 heterocycles. The molecule has 3 aliphatic rings. The second-order valence-electron chi connectivity index (χ2n) is 6.75. The molecule has 134 valence electrons. The van der Waals surface area contributed by atoms with Gasteiger partial charge in [0.2, 0.25) is 0 Å². The lowest BCUT2D eigenvalue weighted by Crippen LogP contribution is -2.49. The third-order valence-corrected chi connectivity index (χ3v) is 6.28. The van der Waals surface area contributed by atoms with E-state index in [4.69, 9.17) is 4.74 Å². The van der Waals surface area contributed by atoms with Gasteiger partial charge in [-0.2, -0.15) is 0 Å². The van der Waals surface area contributed by atoms with Crippen molar-refractivity contribution in [3.8, 4) is 0 Å². The van der Waals surface area contributed by atoms with E-state index in [2.05, 4.69) is 32.0 Å². The van der Waals surface area contributed by atoms with Gasteiger partial charge in [-0.1, -0.05) is 0 Å². The molecule has 2 fully saturated rings. The minimum absolute atomic E-state index is 0. The van der Waals surface area contributed by atoms with Crippen molar-refractivity contribution in [3.05, 3.63) is 21.9 Å². The maximum Gasteiger partial charge on any atom is 0.191 e. The molecule has 0 spiro atoms. The molecule has 7 heteroatoms. The Morgan fingerprint density at radius 1 is 1.46 bits per heavy atom. The summed E-state index contributed by atoms with van der Waals surface area (Å²) in [6, 6.07) is 2.71. The van der Waals surface area contributed by atoms with Crippen LogP contribution in [-0.2, 0) is 17.7 Å². The lowest BCUT2D eigenvalue weighted by atomic mass is 9.96. The van der Waals surface area contributed by atoms with Crippen molar-refractivity contribution in [2.24, 2.45) is 4.99 Å². The van der Waals surface area contributed by atoms with Crippen LogP contribution in [0.25, 0.3) is 0 Å². The van der Waals surface area contributed by atoms with Gasteiger partial charge in [-0.3, -0.25) is 9.89 Å². The monoisotopic (exact) mass is 462 g/mol. The third kappa shape index (κ3) is 4.05. The van der Waals surface area contributed by atoms with E-state index in [-0.39, 0.29) is 24.0 Å². The fourth-order valence-corrected chi connectivity index (χ4v) is 4.88. The maximum absolute atomic E-state index is 5.90. The Labute approximate surface area is 165 Å². The SMILES string of the molecule is CN=C(NCCN1CCc2sccc2C1)NC1CC2CCC1O2.I. The van der Waals surface area contributed by atoms with Gasteiger partial charge in [-0.05, 0) is 42.7 Å². The first-order chi connectivity index (χ1) is 11.3. The Morgan fingerprint density at radius 2 is 2.38 bits per heavy atom.